The van der Waals surface area contributed by atoms with E-state index in [9.17, 15) is 14.4 Å². The van der Waals surface area contributed by atoms with E-state index >= 15 is 4.39 Å². The number of carbonyl (C=O) groups is 2. The standard InChI is InChI=1S/C29H27AsFN4O3/c1-29(2,3)19-13-11-17(12-14-19)25(36)30-22-10-6-9-21(24(22)31)23-16-35(4)28(38)27(34-23)33-20-8-5-7-18(15-20)26(32)37/h5-16H,1-4H3,(H2,32,37)(H,33,34). The molecule has 38 heavy (non-hydrogen) atoms. The molecule has 4 aromatic rings. The van der Waals surface area contributed by atoms with E-state index in [0.29, 0.717) is 15.6 Å². The molecule has 0 atom stereocenters. The van der Waals surface area contributed by atoms with E-state index in [-0.39, 0.29) is 32.6 Å². The first-order valence-corrected chi connectivity index (χ1v) is 13.7. The van der Waals surface area contributed by atoms with Crippen LogP contribution >= 0.6 is 0 Å². The molecule has 7 nitrogen and oxygen atoms in total. The molecule has 0 aliphatic carbocycles. The first-order chi connectivity index (χ1) is 17.9. The van der Waals surface area contributed by atoms with Crippen LogP contribution in [0.5, 0.6) is 0 Å². The second-order valence-electron chi connectivity index (χ2n) is 9.84. The molecule has 0 aliphatic rings. The molecule has 1 radical (unpaired) electrons. The van der Waals surface area contributed by atoms with E-state index < -0.39 is 33.0 Å². The predicted molar refractivity (Wildman–Crippen MR) is 148 cm³/mol. The van der Waals surface area contributed by atoms with E-state index in [2.05, 4.69) is 31.1 Å². The molecular formula is C29H27AsFN4O3. The first kappa shape index (κ1) is 27.0. The van der Waals surface area contributed by atoms with Gasteiger partial charge in [0.2, 0.25) is 0 Å². The van der Waals surface area contributed by atoms with Gasteiger partial charge in [0.15, 0.2) is 0 Å². The topological polar surface area (TPSA) is 107 Å². The van der Waals surface area contributed by atoms with Crippen molar-refractivity contribution < 1.29 is 14.0 Å². The summed E-state index contributed by atoms with van der Waals surface area (Å²) in [5.41, 5.74) is 7.65. The summed E-state index contributed by atoms with van der Waals surface area (Å²) in [6, 6.07) is 18.6. The van der Waals surface area contributed by atoms with Gasteiger partial charge in [-0.05, 0) is 0 Å². The molecule has 0 unspecified atom stereocenters. The molecule has 1 amide bonds. The predicted octanol–water partition coefficient (Wildman–Crippen LogP) is 3.90. The zero-order chi connectivity index (χ0) is 27.6. The fourth-order valence-electron chi connectivity index (χ4n) is 3.80. The molecule has 4 rings (SSSR count). The molecule has 0 fully saturated rings. The third kappa shape index (κ3) is 5.92. The normalized spacial score (nSPS) is 11.6. The van der Waals surface area contributed by atoms with Crippen molar-refractivity contribution in [3.8, 4) is 11.3 Å². The Hall–Kier alpha value is -4.03. The van der Waals surface area contributed by atoms with Gasteiger partial charge in [-0.2, -0.15) is 0 Å². The third-order valence-corrected chi connectivity index (χ3v) is 8.15. The van der Waals surface area contributed by atoms with Crippen LogP contribution in [0, 0.1) is 5.82 Å². The number of nitrogens with zero attached hydrogens (tertiary/aromatic N) is 2. The van der Waals surface area contributed by atoms with Crippen LogP contribution in [0.25, 0.3) is 11.3 Å². The van der Waals surface area contributed by atoms with E-state index in [1.165, 1.54) is 23.9 Å². The number of hydrogen-bond donors (Lipinski definition) is 2. The van der Waals surface area contributed by atoms with Gasteiger partial charge in [0.25, 0.3) is 0 Å². The molecule has 3 aromatic carbocycles. The third-order valence-electron chi connectivity index (χ3n) is 5.96. The number of aryl methyl sites for hydroxylation is 1. The van der Waals surface area contributed by atoms with Crippen molar-refractivity contribution in [2.75, 3.05) is 5.32 Å². The molecule has 0 spiro atoms. The molecule has 1 aromatic heterocycles. The Balaban J connectivity index is 1.64. The van der Waals surface area contributed by atoms with Crippen molar-refractivity contribution in [3.63, 3.8) is 0 Å². The van der Waals surface area contributed by atoms with E-state index in [4.69, 9.17) is 5.73 Å². The van der Waals surface area contributed by atoms with Crippen LogP contribution in [0.15, 0.2) is 77.7 Å². The number of nitrogens with one attached hydrogen (secondary N) is 1. The number of primary amides is 1. The van der Waals surface area contributed by atoms with Crippen molar-refractivity contribution >= 4 is 42.1 Å². The number of benzene rings is 3. The van der Waals surface area contributed by atoms with Crippen molar-refractivity contribution in [2.24, 2.45) is 12.8 Å². The summed E-state index contributed by atoms with van der Waals surface area (Å²) in [5, 5.41) is 2.90. The van der Waals surface area contributed by atoms with Gasteiger partial charge < -0.3 is 0 Å². The number of hydrogen-bond acceptors (Lipinski definition) is 5. The maximum absolute atomic E-state index is 15.7. The molecule has 0 saturated carbocycles. The number of carbonyl (C=O) groups excluding carboxylic acids is 2. The summed E-state index contributed by atoms with van der Waals surface area (Å²) >= 11 is -1.15. The van der Waals surface area contributed by atoms with Crippen LogP contribution in [0.3, 0.4) is 0 Å². The molecule has 1 heterocycles. The van der Waals surface area contributed by atoms with Crippen LogP contribution in [0.4, 0.5) is 15.9 Å². The Bertz CT molecular complexity index is 1590. The molecule has 0 aliphatic heterocycles. The van der Waals surface area contributed by atoms with E-state index in [0.717, 1.165) is 5.56 Å². The van der Waals surface area contributed by atoms with Gasteiger partial charge >= 0.3 is 227 Å². The van der Waals surface area contributed by atoms with Crippen LogP contribution in [0.2, 0.25) is 0 Å². The Labute approximate surface area is 226 Å². The number of rotatable bonds is 7. The molecule has 193 valence electrons. The SMILES string of the molecule is Cn1cc(-c2cccc([As]C(=O)c3ccc(C(C)(C)C)cc3)c2F)nc(Nc2cccc(C(N)=O)c2)c1=O. The van der Waals surface area contributed by atoms with Crippen molar-refractivity contribution in [1.29, 1.82) is 0 Å². The van der Waals surface area contributed by atoms with Gasteiger partial charge in [0.1, 0.15) is 0 Å². The van der Waals surface area contributed by atoms with Gasteiger partial charge in [0.05, 0.1) is 0 Å². The first-order valence-electron chi connectivity index (χ1n) is 11.8. The zero-order valence-corrected chi connectivity index (χ0v) is 23.3. The Morgan fingerprint density at radius 1 is 1.00 bits per heavy atom. The zero-order valence-electron chi connectivity index (χ0n) is 21.4. The van der Waals surface area contributed by atoms with Crippen molar-refractivity contribution in [1.82, 2.24) is 9.55 Å². The number of anilines is 2. The van der Waals surface area contributed by atoms with Crippen LogP contribution in [-0.2, 0) is 12.5 Å². The van der Waals surface area contributed by atoms with Crippen LogP contribution < -0.4 is 21.0 Å². The van der Waals surface area contributed by atoms with Gasteiger partial charge in [-0.25, -0.2) is 0 Å². The number of aromatic nitrogens is 2. The molecule has 9 heteroatoms. The quantitative estimate of drug-likeness (QED) is 0.327. The molecule has 0 bridgehead atoms. The summed E-state index contributed by atoms with van der Waals surface area (Å²) in [5.74, 6) is -1.19. The number of amides is 1. The fourth-order valence-corrected chi connectivity index (χ4v) is 5.63. The van der Waals surface area contributed by atoms with E-state index in [1.807, 2.05) is 12.1 Å². The molecule has 3 N–H and O–H groups in total. The minimum absolute atomic E-state index is 0.0309. The Kier molecular flexibility index (Phi) is 7.65. The molecular weight excluding hydrogens is 546 g/mol. The van der Waals surface area contributed by atoms with Gasteiger partial charge in [-0.3, -0.25) is 0 Å². The summed E-state index contributed by atoms with van der Waals surface area (Å²) in [7, 11) is 1.54. The summed E-state index contributed by atoms with van der Waals surface area (Å²) in [6.07, 6.45) is 1.44. The fraction of sp³-hybridized carbons (Fsp3) is 0.172. The summed E-state index contributed by atoms with van der Waals surface area (Å²) in [4.78, 5) is 41.6. The average Bonchev–Trinajstić information content (AvgIpc) is 2.87. The van der Waals surface area contributed by atoms with E-state index in [1.54, 1.807) is 48.5 Å². The monoisotopic (exact) mass is 573 g/mol. The Morgan fingerprint density at radius 2 is 1.68 bits per heavy atom. The van der Waals surface area contributed by atoms with Gasteiger partial charge in [-0.15, -0.1) is 0 Å². The second kappa shape index (κ2) is 10.8. The summed E-state index contributed by atoms with van der Waals surface area (Å²) < 4.78 is 17.2. The summed E-state index contributed by atoms with van der Waals surface area (Å²) in [6.45, 7) is 6.30. The van der Waals surface area contributed by atoms with Crippen LogP contribution in [0.1, 0.15) is 47.1 Å². The maximum atomic E-state index is 15.7. The molecule has 0 saturated heterocycles. The second-order valence-corrected chi connectivity index (χ2v) is 12.2. The number of nitrogens with two attached hydrogens (primary N) is 1. The Morgan fingerprint density at radius 3 is 2.34 bits per heavy atom. The van der Waals surface area contributed by atoms with Gasteiger partial charge in [-0.1, -0.05) is 0 Å². The minimum atomic E-state index is -1.15. The van der Waals surface area contributed by atoms with Gasteiger partial charge in [0, 0.05) is 0 Å². The average molecular weight is 573 g/mol. The van der Waals surface area contributed by atoms with Crippen molar-refractivity contribution in [3.05, 3.63) is 106 Å². The number of halogens is 1. The van der Waals surface area contributed by atoms with Crippen LogP contribution in [-0.4, -0.2) is 35.8 Å². The van der Waals surface area contributed by atoms with Crippen molar-refractivity contribution in [2.45, 2.75) is 26.2 Å².